The van der Waals surface area contributed by atoms with Gasteiger partial charge in [0, 0.05) is 18.7 Å². The van der Waals surface area contributed by atoms with Crippen LogP contribution in [0.25, 0.3) is 11.6 Å². The topological polar surface area (TPSA) is 20.3 Å². The molecule has 0 saturated carbocycles. The van der Waals surface area contributed by atoms with E-state index in [4.69, 9.17) is 0 Å². The number of amides is 1. The molecule has 0 aliphatic heterocycles. The molecule has 0 N–H and O–H groups in total. The second-order valence-corrected chi connectivity index (χ2v) is 9.95. The van der Waals surface area contributed by atoms with Crippen molar-refractivity contribution in [1.29, 1.82) is 0 Å². The number of benzene rings is 2. The minimum absolute atomic E-state index is 0.104. The van der Waals surface area contributed by atoms with Crippen LogP contribution in [0, 0.1) is 0 Å². The van der Waals surface area contributed by atoms with Crippen molar-refractivity contribution in [2.45, 2.75) is 72.1 Å². The molecule has 0 unspecified atom stereocenters. The fourth-order valence-corrected chi connectivity index (χ4v) is 4.58. The third-order valence-corrected chi connectivity index (χ3v) is 6.90. The van der Waals surface area contributed by atoms with Gasteiger partial charge in [-0.15, -0.1) is 0 Å². The molecule has 3 rings (SSSR count). The Labute approximate surface area is 183 Å². The zero-order chi connectivity index (χ0) is 22.1. The van der Waals surface area contributed by atoms with E-state index in [1.807, 2.05) is 43.0 Å². The second kappa shape index (κ2) is 8.41. The summed E-state index contributed by atoms with van der Waals surface area (Å²) in [6.45, 7) is 17.2. The van der Waals surface area contributed by atoms with Gasteiger partial charge in [0.05, 0.1) is 0 Å². The summed E-state index contributed by atoms with van der Waals surface area (Å²) in [5, 5.41) is 0. The summed E-state index contributed by atoms with van der Waals surface area (Å²) in [5.74, 6) is 0.104. The molecule has 0 spiro atoms. The van der Waals surface area contributed by atoms with Crippen LogP contribution in [0.3, 0.4) is 0 Å². The SMILES string of the molecule is CCN(CC)C(=O)c1ccc(/C=C(\C)c2ccc3c(c2)C(C)(C)CCC3(C)C)cc1. The lowest BCUT2D eigenvalue weighted by Gasteiger charge is -2.42. The van der Waals surface area contributed by atoms with Crippen LogP contribution in [0.2, 0.25) is 0 Å². The number of nitrogens with zero attached hydrogens (tertiary/aromatic N) is 1. The molecule has 0 atom stereocenters. The molecule has 0 radical (unpaired) electrons. The summed E-state index contributed by atoms with van der Waals surface area (Å²) >= 11 is 0. The van der Waals surface area contributed by atoms with Crippen LogP contribution in [0.5, 0.6) is 0 Å². The lowest BCUT2D eigenvalue weighted by molar-refractivity contribution is 0.0773. The number of hydrogen-bond acceptors (Lipinski definition) is 1. The normalized spacial score (nSPS) is 17.4. The van der Waals surface area contributed by atoms with Crippen molar-refractivity contribution in [2.75, 3.05) is 13.1 Å². The first-order valence-corrected chi connectivity index (χ1v) is 11.3. The fraction of sp³-hybridized carbons (Fsp3) is 0.464. The van der Waals surface area contributed by atoms with Crippen molar-refractivity contribution < 1.29 is 4.79 Å². The van der Waals surface area contributed by atoms with Gasteiger partial charge in [-0.3, -0.25) is 4.79 Å². The number of rotatable bonds is 5. The van der Waals surface area contributed by atoms with Gasteiger partial charge in [-0.1, -0.05) is 64.1 Å². The largest absolute Gasteiger partial charge is 0.339 e. The van der Waals surface area contributed by atoms with E-state index in [0.717, 1.165) is 24.2 Å². The lowest BCUT2D eigenvalue weighted by atomic mass is 9.63. The summed E-state index contributed by atoms with van der Waals surface area (Å²) in [7, 11) is 0. The van der Waals surface area contributed by atoms with Crippen molar-refractivity contribution in [2.24, 2.45) is 0 Å². The van der Waals surface area contributed by atoms with Crippen molar-refractivity contribution >= 4 is 17.6 Å². The van der Waals surface area contributed by atoms with Crippen molar-refractivity contribution in [3.63, 3.8) is 0 Å². The third-order valence-electron chi connectivity index (χ3n) is 6.90. The van der Waals surface area contributed by atoms with Crippen molar-refractivity contribution in [3.8, 4) is 0 Å². The number of carbonyl (C=O) groups excluding carboxylic acids is 1. The molecular weight excluding hydrogens is 366 g/mol. The van der Waals surface area contributed by atoms with E-state index in [9.17, 15) is 4.79 Å². The highest BCUT2D eigenvalue weighted by Crippen LogP contribution is 2.46. The number of allylic oxidation sites excluding steroid dienone is 1. The van der Waals surface area contributed by atoms with Crippen LogP contribution in [0.1, 0.15) is 93.9 Å². The Morgan fingerprint density at radius 3 is 1.97 bits per heavy atom. The first kappa shape index (κ1) is 22.3. The lowest BCUT2D eigenvalue weighted by Crippen LogP contribution is -2.33. The maximum Gasteiger partial charge on any atom is 0.253 e. The van der Waals surface area contributed by atoms with Crippen LogP contribution in [0.15, 0.2) is 42.5 Å². The second-order valence-electron chi connectivity index (χ2n) is 9.95. The summed E-state index contributed by atoms with van der Waals surface area (Å²) in [5.41, 5.74) is 7.86. The van der Waals surface area contributed by atoms with Crippen LogP contribution in [0.4, 0.5) is 0 Å². The minimum atomic E-state index is 0.104. The molecule has 1 aliphatic carbocycles. The summed E-state index contributed by atoms with van der Waals surface area (Å²) in [6.07, 6.45) is 4.68. The van der Waals surface area contributed by atoms with Crippen molar-refractivity contribution in [3.05, 3.63) is 70.3 Å². The molecule has 30 heavy (non-hydrogen) atoms. The predicted molar refractivity (Wildman–Crippen MR) is 129 cm³/mol. The Morgan fingerprint density at radius 1 is 0.867 bits per heavy atom. The Balaban J connectivity index is 1.88. The van der Waals surface area contributed by atoms with E-state index >= 15 is 0 Å². The summed E-state index contributed by atoms with van der Waals surface area (Å²) in [4.78, 5) is 14.4. The van der Waals surface area contributed by atoms with E-state index < -0.39 is 0 Å². The summed E-state index contributed by atoms with van der Waals surface area (Å²) in [6, 6.07) is 15.0. The molecule has 2 heteroatoms. The Bertz CT molecular complexity index is 943. The Kier molecular flexibility index (Phi) is 6.26. The molecule has 0 saturated heterocycles. The Hall–Kier alpha value is -2.35. The number of carbonyl (C=O) groups is 1. The standard InChI is InChI=1S/C28H37NO/c1-8-29(9-2)26(30)22-12-10-21(11-13-22)18-20(3)23-14-15-24-25(19-23)28(6,7)17-16-27(24,4)5/h10-15,18-19H,8-9,16-17H2,1-7H3/b20-18+. The van der Waals surface area contributed by atoms with Crippen LogP contribution >= 0.6 is 0 Å². The average molecular weight is 404 g/mol. The van der Waals surface area contributed by atoms with Gasteiger partial charge in [0.15, 0.2) is 0 Å². The monoisotopic (exact) mass is 403 g/mol. The predicted octanol–water partition coefficient (Wildman–Crippen LogP) is 7.08. The smallest absolute Gasteiger partial charge is 0.253 e. The molecule has 2 nitrogen and oxygen atoms in total. The third kappa shape index (κ3) is 4.38. The molecule has 0 fully saturated rings. The zero-order valence-corrected chi connectivity index (χ0v) is 19.8. The van der Waals surface area contributed by atoms with Crippen LogP contribution in [-0.2, 0) is 10.8 Å². The molecule has 1 aliphatic rings. The van der Waals surface area contributed by atoms with Gasteiger partial charge in [-0.05, 0) is 84.4 Å². The highest BCUT2D eigenvalue weighted by atomic mass is 16.2. The maximum atomic E-state index is 12.5. The van der Waals surface area contributed by atoms with E-state index in [-0.39, 0.29) is 16.7 Å². The fourth-order valence-electron chi connectivity index (χ4n) is 4.58. The van der Waals surface area contributed by atoms with Gasteiger partial charge >= 0.3 is 0 Å². The first-order chi connectivity index (χ1) is 14.1. The molecule has 2 aromatic rings. The highest BCUT2D eigenvalue weighted by Gasteiger charge is 2.36. The van der Waals surface area contributed by atoms with Gasteiger partial charge in [0.1, 0.15) is 0 Å². The maximum absolute atomic E-state index is 12.5. The molecule has 0 aromatic heterocycles. The molecule has 160 valence electrons. The van der Waals surface area contributed by atoms with E-state index in [2.05, 4.69) is 58.9 Å². The zero-order valence-electron chi connectivity index (χ0n) is 19.8. The van der Waals surface area contributed by atoms with Crippen LogP contribution in [-0.4, -0.2) is 23.9 Å². The van der Waals surface area contributed by atoms with Gasteiger partial charge < -0.3 is 4.90 Å². The van der Waals surface area contributed by atoms with Crippen molar-refractivity contribution in [1.82, 2.24) is 4.90 Å². The van der Waals surface area contributed by atoms with E-state index in [1.165, 1.54) is 35.1 Å². The van der Waals surface area contributed by atoms with Gasteiger partial charge in [-0.2, -0.15) is 0 Å². The Morgan fingerprint density at radius 2 is 1.40 bits per heavy atom. The highest BCUT2D eigenvalue weighted by molar-refractivity contribution is 5.94. The molecule has 0 heterocycles. The van der Waals surface area contributed by atoms with Gasteiger partial charge in [0.2, 0.25) is 0 Å². The molecule has 0 bridgehead atoms. The van der Waals surface area contributed by atoms with Gasteiger partial charge in [-0.25, -0.2) is 0 Å². The first-order valence-electron chi connectivity index (χ1n) is 11.3. The summed E-state index contributed by atoms with van der Waals surface area (Å²) < 4.78 is 0. The minimum Gasteiger partial charge on any atom is -0.339 e. The number of hydrogen-bond donors (Lipinski definition) is 0. The molecule has 2 aromatic carbocycles. The molecule has 1 amide bonds. The van der Waals surface area contributed by atoms with E-state index in [0.29, 0.717) is 0 Å². The van der Waals surface area contributed by atoms with E-state index in [1.54, 1.807) is 0 Å². The molecular formula is C28H37NO. The number of fused-ring (bicyclic) bond motifs is 1. The van der Waals surface area contributed by atoms with Gasteiger partial charge in [0.25, 0.3) is 5.91 Å². The average Bonchev–Trinajstić information content (AvgIpc) is 2.72. The van der Waals surface area contributed by atoms with Crippen LogP contribution < -0.4 is 0 Å². The quantitative estimate of drug-likeness (QED) is 0.489.